The largest absolute Gasteiger partial charge is 0.478 e. The molecule has 0 fully saturated rings. The zero-order valence-corrected chi connectivity index (χ0v) is 17.6. The monoisotopic (exact) mass is 411 g/mol. The van der Waals surface area contributed by atoms with Gasteiger partial charge in [-0.05, 0) is 53.1 Å². The Balaban J connectivity index is 0.00000132. The van der Waals surface area contributed by atoms with Crippen molar-refractivity contribution in [1.82, 2.24) is 15.0 Å². The molecule has 4 aromatic rings. The lowest BCUT2D eigenvalue weighted by molar-refractivity contribution is 0.0696. The second-order valence-electron chi connectivity index (χ2n) is 6.71. The topological polar surface area (TPSA) is 76.0 Å². The van der Waals surface area contributed by atoms with Crippen LogP contribution in [0.25, 0.3) is 0 Å². The number of aromatic carboxylic acids is 1. The number of carboxylic acids is 1. The summed E-state index contributed by atoms with van der Waals surface area (Å²) in [6, 6.07) is 20.7. The molecule has 0 bridgehead atoms. The van der Waals surface area contributed by atoms with Crippen LogP contribution in [-0.4, -0.2) is 26.0 Å². The standard InChI is InChI=1S/C24H19N3O2.C2H6/c28-24(29)18-7-3-6-17(14-18)23(21-10-1-2-13-27-21)22(19-8-4-11-25-15-19)20-9-5-12-26-16-20;1-2/h1-16,22-23H,(H,28,29);1-2H3. The number of carbonyl (C=O) groups is 1. The van der Waals surface area contributed by atoms with E-state index in [1.54, 1.807) is 36.8 Å². The molecule has 5 heteroatoms. The molecule has 0 aliphatic rings. The third-order valence-electron chi connectivity index (χ3n) is 4.92. The van der Waals surface area contributed by atoms with Gasteiger partial charge in [-0.3, -0.25) is 15.0 Å². The van der Waals surface area contributed by atoms with Crippen LogP contribution in [0.3, 0.4) is 0 Å². The van der Waals surface area contributed by atoms with Crippen LogP contribution in [0.4, 0.5) is 0 Å². The van der Waals surface area contributed by atoms with Crippen LogP contribution >= 0.6 is 0 Å². The smallest absolute Gasteiger partial charge is 0.335 e. The molecule has 0 saturated heterocycles. The highest BCUT2D eigenvalue weighted by atomic mass is 16.4. The first-order valence-corrected chi connectivity index (χ1v) is 10.3. The Hall–Kier alpha value is -3.86. The summed E-state index contributed by atoms with van der Waals surface area (Å²) in [5.74, 6) is -1.29. The number of hydrogen-bond acceptors (Lipinski definition) is 4. The van der Waals surface area contributed by atoms with E-state index in [2.05, 4.69) is 15.0 Å². The van der Waals surface area contributed by atoms with Gasteiger partial charge in [0.15, 0.2) is 0 Å². The lowest BCUT2D eigenvalue weighted by Crippen LogP contribution is -2.16. The molecule has 156 valence electrons. The van der Waals surface area contributed by atoms with E-state index < -0.39 is 5.97 Å². The molecule has 3 heterocycles. The van der Waals surface area contributed by atoms with Crippen LogP contribution in [-0.2, 0) is 0 Å². The van der Waals surface area contributed by atoms with Gasteiger partial charge in [-0.15, -0.1) is 0 Å². The zero-order chi connectivity index (χ0) is 22.1. The summed E-state index contributed by atoms with van der Waals surface area (Å²) in [6.45, 7) is 4.00. The Kier molecular flexibility index (Phi) is 7.60. The fourth-order valence-corrected chi connectivity index (χ4v) is 3.66. The van der Waals surface area contributed by atoms with Crippen LogP contribution in [0.2, 0.25) is 0 Å². The van der Waals surface area contributed by atoms with Gasteiger partial charge in [0.05, 0.1) is 5.56 Å². The summed E-state index contributed by atoms with van der Waals surface area (Å²) >= 11 is 0. The van der Waals surface area contributed by atoms with E-state index >= 15 is 0 Å². The van der Waals surface area contributed by atoms with Gasteiger partial charge in [0, 0.05) is 48.5 Å². The van der Waals surface area contributed by atoms with Crippen molar-refractivity contribution in [2.24, 2.45) is 0 Å². The van der Waals surface area contributed by atoms with Gasteiger partial charge >= 0.3 is 5.97 Å². The molecule has 4 rings (SSSR count). The van der Waals surface area contributed by atoms with Crippen molar-refractivity contribution >= 4 is 5.97 Å². The minimum atomic E-state index is -0.953. The van der Waals surface area contributed by atoms with Gasteiger partial charge in [-0.25, -0.2) is 4.79 Å². The molecule has 0 amide bonds. The maximum atomic E-state index is 11.6. The van der Waals surface area contributed by atoms with Crippen LogP contribution < -0.4 is 0 Å². The molecule has 0 spiro atoms. The van der Waals surface area contributed by atoms with Gasteiger partial charge in [-0.2, -0.15) is 0 Å². The number of carboxylic acid groups (broad SMARTS) is 1. The summed E-state index contributed by atoms with van der Waals surface area (Å²) in [6.07, 6.45) is 8.92. The van der Waals surface area contributed by atoms with E-state index in [0.717, 1.165) is 22.4 Å². The third kappa shape index (κ3) is 5.20. The van der Waals surface area contributed by atoms with Crippen molar-refractivity contribution in [3.8, 4) is 0 Å². The second kappa shape index (κ2) is 10.8. The van der Waals surface area contributed by atoms with Gasteiger partial charge < -0.3 is 5.11 Å². The molecule has 1 N–H and O–H groups in total. The first kappa shape index (κ1) is 21.8. The molecule has 0 aliphatic heterocycles. The van der Waals surface area contributed by atoms with Crippen LogP contribution in [0, 0.1) is 0 Å². The van der Waals surface area contributed by atoms with Crippen molar-refractivity contribution < 1.29 is 9.90 Å². The van der Waals surface area contributed by atoms with E-state index in [1.807, 2.05) is 74.8 Å². The maximum Gasteiger partial charge on any atom is 0.335 e. The first-order valence-electron chi connectivity index (χ1n) is 10.3. The van der Waals surface area contributed by atoms with E-state index in [9.17, 15) is 9.90 Å². The summed E-state index contributed by atoms with van der Waals surface area (Å²) < 4.78 is 0. The van der Waals surface area contributed by atoms with Crippen molar-refractivity contribution in [3.05, 3.63) is 126 Å². The highest BCUT2D eigenvalue weighted by Crippen LogP contribution is 2.41. The zero-order valence-electron chi connectivity index (χ0n) is 17.6. The lowest BCUT2D eigenvalue weighted by Gasteiger charge is -2.28. The van der Waals surface area contributed by atoms with Gasteiger partial charge in [-0.1, -0.05) is 44.2 Å². The summed E-state index contributed by atoms with van der Waals surface area (Å²) in [4.78, 5) is 24.8. The van der Waals surface area contributed by atoms with Crippen molar-refractivity contribution in [1.29, 1.82) is 0 Å². The molecular weight excluding hydrogens is 386 g/mol. The molecule has 0 aliphatic carbocycles. The van der Waals surface area contributed by atoms with Crippen molar-refractivity contribution in [3.63, 3.8) is 0 Å². The molecule has 1 unspecified atom stereocenters. The average molecular weight is 412 g/mol. The highest BCUT2D eigenvalue weighted by molar-refractivity contribution is 5.87. The Morgan fingerprint density at radius 3 is 1.90 bits per heavy atom. The molecule has 31 heavy (non-hydrogen) atoms. The van der Waals surface area contributed by atoms with Crippen molar-refractivity contribution in [2.75, 3.05) is 0 Å². The number of rotatable bonds is 6. The molecule has 0 saturated carbocycles. The maximum absolute atomic E-state index is 11.6. The SMILES string of the molecule is CC.O=C(O)c1cccc(C(c2ccccn2)C(c2cccnc2)c2cccnc2)c1. The molecule has 5 nitrogen and oxygen atoms in total. The third-order valence-corrected chi connectivity index (χ3v) is 4.92. The number of aromatic nitrogens is 3. The summed E-state index contributed by atoms with van der Waals surface area (Å²) in [7, 11) is 0. The Morgan fingerprint density at radius 1 is 0.742 bits per heavy atom. The molecule has 1 atom stereocenters. The first-order chi connectivity index (χ1) is 15.2. The average Bonchev–Trinajstić information content (AvgIpc) is 2.85. The molecular formula is C26H25N3O2. The van der Waals surface area contributed by atoms with Gasteiger partial charge in [0.2, 0.25) is 0 Å². The predicted molar refractivity (Wildman–Crippen MR) is 121 cm³/mol. The van der Waals surface area contributed by atoms with Crippen LogP contribution in [0.1, 0.15) is 58.4 Å². The quantitative estimate of drug-likeness (QED) is 0.449. The Morgan fingerprint density at radius 2 is 1.39 bits per heavy atom. The molecule has 1 aromatic carbocycles. The second-order valence-corrected chi connectivity index (χ2v) is 6.71. The van der Waals surface area contributed by atoms with E-state index in [-0.39, 0.29) is 17.4 Å². The van der Waals surface area contributed by atoms with Crippen LogP contribution in [0.5, 0.6) is 0 Å². The van der Waals surface area contributed by atoms with Crippen molar-refractivity contribution in [2.45, 2.75) is 25.7 Å². The molecule has 3 aromatic heterocycles. The minimum Gasteiger partial charge on any atom is -0.478 e. The summed E-state index contributed by atoms with van der Waals surface area (Å²) in [5.41, 5.74) is 4.00. The predicted octanol–water partition coefficient (Wildman–Crippen LogP) is 5.56. The van der Waals surface area contributed by atoms with Gasteiger partial charge in [0.1, 0.15) is 0 Å². The number of hydrogen-bond donors (Lipinski definition) is 1. The van der Waals surface area contributed by atoms with Crippen LogP contribution in [0.15, 0.2) is 97.7 Å². The number of pyridine rings is 3. The lowest BCUT2D eigenvalue weighted by atomic mass is 9.76. The highest BCUT2D eigenvalue weighted by Gasteiger charge is 2.30. The number of benzene rings is 1. The van der Waals surface area contributed by atoms with E-state index in [1.165, 1.54) is 0 Å². The van der Waals surface area contributed by atoms with Gasteiger partial charge in [0.25, 0.3) is 0 Å². The minimum absolute atomic E-state index is 0.128. The van der Waals surface area contributed by atoms with E-state index in [0.29, 0.717) is 0 Å². The van der Waals surface area contributed by atoms with E-state index in [4.69, 9.17) is 0 Å². The number of nitrogens with zero attached hydrogens (tertiary/aromatic N) is 3. The Bertz CT molecular complexity index is 1050. The fourth-order valence-electron chi connectivity index (χ4n) is 3.66. The Labute approximate surface area is 182 Å². The summed E-state index contributed by atoms with van der Waals surface area (Å²) in [5, 5.41) is 9.50. The normalized spacial score (nSPS) is 11.3. The molecule has 0 radical (unpaired) electrons. The fraction of sp³-hybridized carbons (Fsp3) is 0.154.